The highest BCUT2D eigenvalue weighted by molar-refractivity contribution is 9.10. The van der Waals surface area contributed by atoms with Gasteiger partial charge in [0.1, 0.15) is 0 Å². The van der Waals surface area contributed by atoms with E-state index in [2.05, 4.69) is 39.3 Å². The van der Waals surface area contributed by atoms with Crippen LogP contribution in [0.15, 0.2) is 16.6 Å². The van der Waals surface area contributed by atoms with Gasteiger partial charge in [0.2, 0.25) is 0 Å². The lowest BCUT2D eigenvalue weighted by Crippen LogP contribution is -2.32. The second kappa shape index (κ2) is 8.01. The fraction of sp³-hybridized carbons (Fsp3) is 0.625. The molecule has 1 saturated heterocycles. The maximum absolute atomic E-state index is 5.40. The predicted octanol–water partition coefficient (Wildman–Crippen LogP) is 3.04. The SMILES string of the molecule is COc1cc(Br)c(CN(C)C2CCCNCC2)cc1OC. The van der Waals surface area contributed by atoms with Crippen LogP contribution in [0.2, 0.25) is 0 Å². The van der Waals surface area contributed by atoms with Crippen LogP contribution in [0.4, 0.5) is 0 Å². The molecule has 1 aliphatic heterocycles. The summed E-state index contributed by atoms with van der Waals surface area (Å²) >= 11 is 3.64. The highest BCUT2D eigenvalue weighted by Gasteiger charge is 2.18. The lowest BCUT2D eigenvalue weighted by molar-refractivity contribution is 0.216. The zero-order valence-corrected chi connectivity index (χ0v) is 14.7. The molecule has 1 fully saturated rings. The van der Waals surface area contributed by atoms with Crippen LogP contribution < -0.4 is 14.8 Å². The molecule has 1 aromatic rings. The van der Waals surface area contributed by atoms with E-state index in [-0.39, 0.29) is 0 Å². The largest absolute Gasteiger partial charge is 0.493 e. The molecule has 21 heavy (non-hydrogen) atoms. The summed E-state index contributed by atoms with van der Waals surface area (Å²) < 4.78 is 11.8. The van der Waals surface area contributed by atoms with Crippen molar-refractivity contribution >= 4 is 15.9 Å². The van der Waals surface area contributed by atoms with Crippen LogP contribution >= 0.6 is 15.9 Å². The van der Waals surface area contributed by atoms with E-state index >= 15 is 0 Å². The van der Waals surface area contributed by atoms with Crippen LogP contribution in [0.3, 0.4) is 0 Å². The zero-order chi connectivity index (χ0) is 15.2. The Morgan fingerprint density at radius 2 is 1.90 bits per heavy atom. The van der Waals surface area contributed by atoms with Crippen LogP contribution in [0.1, 0.15) is 24.8 Å². The topological polar surface area (TPSA) is 33.7 Å². The maximum atomic E-state index is 5.40. The fourth-order valence-corrected chi connectivity index (χ4v) is 3.30. The van der Waals surface area contributed by atoms with Crippen molar-refractivity contribution < 1.29 is 9.47 Å². The molecule has 0 saturated carbocycles. The molecule has 1 aromatic carbocycles. The van der Waals surface area contributed by atoms with E-state index in [0.29, 0.717) is 6.04 Å². The summed E-state index contributed by atoms with van der Waals surface area (Å²) in [6, 6.07) is 4.69. The van der Waals surface area contributed by atoms with Gasteiger partial charge in [-0.05, 0) is 57.1 Å². The molecule has 0 radical (unpaired) electrons. The molecule has 4 nitrogen and oxygen atoms in total. The van der Waals surface area contributed by atoms with Crippen molar-refractivity contribution in [3.05, 3.63) is 22.2 Å². The fourth-order valence-electron chi connectivity index (χ4n) is 2.86. The molecule has 118 valence electrons. The Balaban J connectivity index is 2.10. The first-order valence-corrected chi connectivity index (χ1v) is 8.26. The Morgan fingerprint density at radius 3 is 2.62 bits per heavy atom. The number of nitrogens with zero attached hydrogens (tertiary/aromatic N) is 1. The van der Waals surface area contributed by atoms with Gasteiger partial charge in [-0.25, -0.2) is 0 Å². The van der Waals surface area contributed by atoms with Crippen LogP contribution in [-0.2, 0) is 6.54 Å². The molecule has 0 bridgehead atoms. The second-order valence-corrected chi connectivity index (χ2v) is 6.40. The number of ether oxygens (including phenoxy) is 2. The van der Waals surface area contributed by atoms with Crippen molar-refractivity contribution in [2.24, 2.45) is 0 Å². The lowest BCUT2D eigenvalue weighted by Gasteiger charge is -2.27. The molecule has 0 spiro atoms. The highest BCUT2D eigenvalue weighted by atomic mass is 79.9. The monoisotopic (exact) mass is 356 g/mol. The summed E-state index contributed by atoms with van der Waals surface area (Å²) in [6.07, 6.45) is 3.72. The molecule has 1 atom stereocenters. The summed E-state index contributed by atoms with van der Waals surface area (Å²) in [5.41, 5.74) is 1.23. The minimum Gasteiger partial charge on any atom is -0.493 e. The number of rotatable bonds is 5. The molecular formula is C16H25BrN2O2. The van der Waals surface area contributed by atoms with Gasteiger partial charge in [-0.2, -0.15) is 0 Å². The first-order chi connectivity index (χ1) is 10.2. The van der Waals surface area contributed by atoms with Crippen molar-refractivity contribution in [2.45, 2.75) is 31.8 Å². The Bertz CT molecular complexity index is 460. The van der Waals surface area contributed by atoms with Gasteiger partial charge >= 0.3 is 0 Å². The normalized spacial score (nSPS) is 19.4. The summed E-state index contributed by atoms with van der Waals surface area (Å²) in [5, 5.41) is 3.47. The number of benzene rings is 1. The minimum atomic E-state index is 0.639. The molecule has 1 heterocycles. The number of nitrogens with one attached hydrogen (secondary N) is 1. The van der Waals surface area contributed by atoms with Crippen LogP contribution in [-0.4, -0.2) is 45.3 Å². The Kier molecular flexibility index (Phi) is 6.33. The van der Waals surface area contributed by atoms with Crippen LogP contribution in [0.5, 0.6) is 11.5 Å². The van der Waals surface area contributed by atoms with E-state index < -0.39 is 0 Å². The molecule has 2 rings (SSSR count). The molecule has 5 heteroatoms. The molecule has 0 aromatic heterocycles. The molecule has 1 aliphatic rings. The van der Waals surface area contributed by atoms with Gasteiger partial charge in [0.15, 0.2) is 11.5 Å². The van der Waals surface area contributed by atoms with Gasteiger partial charge in [0, 0.05) is 17.1 Å². The number of hydrogen-bond donors (Lipinski definition) is 1. The first-order valence-electron chi connectivity index (χ1n) is 7.47. The van der Waals surface area contributed by atoms with Gasteiger partial charge in [0.25, 0.3) is 0 Å². The van der Waals surface area contributed by atoms with Gasteiger partial charge in [-0.15, -0.1) is 0 Å². The Labute approximate surface area is 135 Å². The average molecular weight is 357 g/mol. The number of methoxy groups -OCH3 is 2. The summed E-state index contributed by atoms with van der Waals surface area (Å²) in [7, 11) is 5.55. The smallest absolute Gasteiger partial charge is 0.161 e. The molecule has 0 aliphatic carbocycles. The zero-order valence-electron chi connectivity index (χ0n) is 13.1. The standard InChI is InChI=1S/C16H25BrN2O2/c1-19(13-5-4-7-18-8-6-13)11-12-9-15(20-2)16(21-3)10-14(12)17/h9-10,13,18H,4-8,11H2,1-3H3. The van der Waals surface area contributed by atoms with E-state index in [0.717, 1.165) is 35.6 Å². The maximum Gasteiger partial charge on any atom is 0.161 e. The Hall–Kier alpha value is -0.780. The van der Waals surface area contributed by atoms with Crippen molar-refractivity contribution in [2.75, 3.05) is 34.4 Å². The summed E-state index contributed by atoms with van der Waals surface area (Å²) in [4.78, 5) is 2.44. The first kappa shape index (κ1) is 16.6. The van der Waals surface area contributed by atoms with Crippen LogP contribution in [0, 0.1) is 0 Å². The van der Waals surface area contributed by atoms with Crippen molar-refractivity contribution in [3.63, 3.8) is 0 Å². The summed E-state index contributed by atoms with van der Waals surface area (Å²) in [6.45, 7) is 3.16. The molecule has 1 unspecified atom stereocenters. The third-order valence-electron chi connectivity index (χ3n) is 4.14. The van der Waals surface area contributed by atoms with E-state index in [1.807, 2.05) is 6.07 Å². The van der Waals surface area contributed by atoms with Gasteiger partial charge in [0.05, 0.1) is 14.2 Å². The van der Waals surface area contributed by atoms with E-state index in [1.165, 1.54) is 24.8 Å². The molecular weight excluding hydrogens is 332 g/mol. The molecule has 0 amide bonds. The second-order valence-electron chi connectivity index (χ2n) is 5.55. The van der Waals surface area contributed by atoms with Crippen LogP contribution in [0.25, 0.3) is 0 Å². The van der Waals surface area contributed by atoms with E-state index in [4.69, 9.17) is 9.47 Å². The quantitative estimate of drug-likeness (QED) is 0.878. The number of hydrogen-bond acceptors (Lipinski definition) is 4. The van der Waals surface area contributed by atoms with Crippen molar-refractivity contribution in [1.82, 2.24) is 10.2 Å². The average Bonchev–Trinajstić information content (AvgIpc) is 2.78. The molecule has 1 N–H and O–H groups in total. The minimum absolute atomic E-state index is 0.639. The Morgan fingerprint density at radius 1 is 1.19 bits per heavy atom. The highest BCUT2D eigenvalue weighted by Crippen LogP contribution is 2.34. The van der Waals surface area contributed by atoms with Gasteiger partial charge in [-0.1, -0.05) is 15.9 Å². The van der Waals surface area contributed by atoms with E-state index in [1.54, 1.807) is 14.2 Å². The van der Waals surface area contributed by atoms with E-state index in [9.17, 15) is 0 Å². The van der Waals surface area contributed by atoms with Gasteiger partial charge < -0.3 is 14.8 Å². The third-order valence-corrected chi connectivity index (χ3v) is 4.88. The number of halogens is 1. The van der Waals surface area contributed by atoms with Crippen molar-refractivity contribution in [3.8, 4) is 11.5 Å². The predicted molar refractivity (Wildman–Crippen MR) is 89.2 cm³/mol. The summed E-state index contributed by atoms with van der Waals surface area (Å²) in [5.74, 6) is 1.54. The lowest BCUT2D eigenvalue weighted by atomic mass is 10.1. The third kappa shape index (κ3) is 4.34. The van der Waals surface area contributed by atoms with Gasteiger partial charge in [-0.3, -0.25) is 4.90 Å². The van der Waals surface area contributed by atoms with Crippen molar-refractivity contribution in [1.29, 1.82) is 0 Å².